The Morgan fingerprint density at radius 1 is 1.05 bits per heavy atom. The molecule has 0 fully saturated rings. The van der Waals surface area contributed by atoms with Gasteiger partial charge in [-0.1, -0.05) is 29.8 Å². The van der Waals surface area contributed by atoms with E-state index in [2.05, 4.69) is 31.2 Å². The molecule has 0 aliphatic rings. The number of hydrogen-bond acceptors (Lipinski definition) is 1. The topological polar surface area (TPSA) is 37.3 Å². The number of carboxylic acid groups (broad SMARTS) is 1. The Kier molecular flexibility index (Phi) is 3.70. The lowest BCUT2D eigenvalue weighted by molar-refractivity contribution is 0.0696. The van der Waals surface area contributed by atoms with E-state index in [0.717, 1.165) is 17.5 Å². The van der Waals surface area contributed by atoms with Gasteiger partial charge in [0.15, 0.2) is 0 Å². The van der Waals surface area contributed by atoms with Crippen molar-refractivity contribution in [2.75, 3.05) is 0 Å². The van der Waals surface area contributed by atoms with Crippen LogP contribution in [0.15, 0.2) is 36.4 Å². The molecule has 2 rings (SSSR count). The summed E-state index contributed by atoms with van der Waals surface area (Å²) in [6, 6.07) is 11.9. The van der Waals surface area contributed by atoms with Crippen molar-refractivity contribution in [1.82, 2.24) is 0 Å². The van der Waals surface area contributed by atoms with E-state index < -0.39 is 5.97 Å². The Balaban J connectivity index is 2.38. The van der Waals surface area contributed by atoms with E-state index in [1.807, 2.05) is 13.8 Å². The number of benzene rings is 2. The summed E-state index contributed by atoms with van der Waals surface area (Å²) >= 11 is 0. The van der Waals surface area contributed by atoms with Crippen molar-refractivity contribution in [3.8, 4) is 0 Å². The minimum atomic E-state index is -0.867. The lowest BCUT2D eigenvalue weighted by Crippen LogP contribution is -2.02. The molecule has 0 heterocycles. The van der Waals surface area contributed by atoms with Gasteiger partial charge in [0.2, 0.25) is 0 Å². The maximum Gasteiger partial charge on any atom is 0.335 e. The first-order valence-electron chi connectivity index (χ1n) is 6.36. The Bertz CT molecular complexity index is 604. The van der Waals surface area contributed by atoms with Gasteiger partial charge in [-0.25, -0.2) is 4.79 Å². The van der Waals surface area contributed by atoms with Crippen molar-refractivity contribution in [2.45, 2.75) is 27.2 Å². The zero-order valence-corrected chi connectivity index (χ0v) is 11.5. The highest BCUT2D eigenvalue weighted by Crippen LogP contribution is 2.21. The lowest BCUT2D eigenvalue weighted by Gasteiger charge is -2.12. The summed E-state index contributed by atoms with van der Waals surface area (Å²) in [6.07, 6.45) is 0.846. The van der Waals surface area contributed by atoms with E-state index in [-0.39, 0.29) is 0 Å². The fraction of sp³-hybridized carbons (Fsp3) is 0.235. The molecule has 0 radical (unpaired) electrons. The second kappa shape index (κ2) is 5.27. The predicted molar refractivity (Wildman–Crippen MR) is 76.9 cm³/mol. The molecule has 0 aromatic heterocycles. The average Bonchev–Trinajstić information content (AvgIpc) is 2.33. The fourth-order valence-corrected chi connectivity index (χ4v) is 2.42. The van der Waals surface area contributed by atoms with Crippen molar-refractivity contribution >= 4 is 5.97 Å². The van der Waals surface area contributed by atoms with Crippen LogP contribution in [0.3, 0.4) is 0 Å². The van der Waals surface area contributed by atoms with Gasteiger partial charge in [-0.05, 0) is 61.6 Å². The molecule has 0 atom stereocenters. The molecule has 0 saturated heterocycles. The number of carbonyl (C=O) groups is 1. The molecule has 0 aliphatic carbocycles. The summed E-state index contributed by atoms with van der Waals surface area (Å²) in [5.74, 6) is -0.867. The minimum Gasteiger partial charge on any atom is -0.478 e. The molecule has 2 nitrogen and oxygen atoms in total. The molecule has 1 N–H and O–H groups in total. The molecule has 19 heavy (non-hydrogen) atoms. The molecule has 2 heteroatoms. The monoisotopic (exact) mass is 254 g/mol. The third-order valence-electron chi connectivity index (χ3n) is 3.41. The number of carboxylic acids is 1. The normalized spacial score (nSPS) is 10.5. The molecule has 0 saturated carbocycles. The Morgan fingerprint density at radius 3 is 2.21 bits per heavy atom. The fourth-order valence-electron chi connectivity index (χ4n) is 2.42. The first kappa shape index (κ1) is 13.3. The van der Waals surface area contributed by atoms with E-state index >= 15 is 0 Å². The second-order valence-corrected chi connectivity index (χ2v) is 5.06. The highest BCUT2D eigenvalue weighted by Gasteiger charge is 2.10. The van der Waals surface area contributed by atoms with Gasteiger partial charge in [0.05, 0.1) is 5.56 Å². The zero-order valence-electron chi connectivity index (χ0n) is 11.5. The maximum absolute atomic E-state index is 11.0. The van der Waals surface area contributed by atoms with Crippen molar-refractivity contribution < 1.29 is 9.90 Å². The van der Waals surface area contributed by atoms with Gasteiger partial charge >= 0.3 is 5.97 Å². The van der Waals surface area contributed by atoms with Gasteiger partial charge in [0, 0.05) is 0 Å². The second-order valence-electron chi connectivity index (χ2n) is 5.06. The first-order valence-corrected chi connectivity index (χ1v) is 6.36. The van der Waals surface area contributed by atoms with Gasteiger partial charge < -0.3 is 5.11 Å². The van der Waals surface area contributed by atoms with E-state index in [1.165, 1.54) is 16.7 Å². The average molecular weight is 254 g/mol. The summed E-state index contributed by atoms with van der Waals surface area (Å²) < 4.78 is 0. The van der Waals surface area contributed by atoms with Crippen molar-refractivity contribution in [1.29, 1.82) is 0 Å². The van der Waals surface area contributed by atoms with Crippen LogP contribution >= 0.6 is 0 Å². The maximum atomic E-state index is 11.0. The molecule has 98 valence electrons. The summed E-state index contributed by atoms with van der Waals surface area (Å²) in [7, 11) is 0. The summed E-state index contributed by atoms with van der Waals surface area (Å²) in [4.78, 5) is 11.0. The Labute approximate surface area is 113 Å². The molecule has 0 unspecified atom stereocenters. The number of rotatable bonds is 3. The zero-order chi connectivity index (χ0) is 14.0. The van der Waals surface area contributed by atoms with Crippen molar-refractivity contribution in [2.24, 2.45) is 0 Å². The van der Waals surface area contributed by atoms with E-state index in [9.17, 15) is 4.79 Å². The molecule has 2 aromatic rings. The Hall–Kier alpha value is -2.09. The number of aromatic carboxylic acids is 1. The molecule has 0 aliphatic heterocycles. The molecule has 0 bridgehead atoms. The van der Waals surface area contributed by atoms with Crippen LogP contribution in [-0.2, 0) is 6.42 Å². The first-order chi connectivity index (χ1) is 8.97. The quantitative estimate of drug-likeness (QED) is 0.902. The van der Waals surface area contributed by atoms with Crippen LogP contribution in [0.1, 0.15) is 38.2 Å². The third kappa shape index (κ3) is 3.02. The van der Waals surface area contributed by atoms with E-state index in [1.54, 1.807) is 12.1 Å². The van der Waals surface area contributed by atoms with Crippen LogP contribution in [0, 0.1) is 20.8 Å². The molecule has 0 amide bonds. The summed E-state index contributed by atoms with van der Waals surface area (Å²) in [5, 5.41) is 9.05. The highest BCUT2D eigenvalue weighted by atomic mass is 16.4. The van der Waals surface area contributed by atoms with Gasteiger partial charge in [0.25, 0.3) is 0 Å². The van der Waals surface area contributed by atoms with E-state index in [4.69, 9.17) is 5.11 Å². The molecule has 2 aromatic carbocycles. The molecular formula is C17H18O2. The minimum absolute atomic E-state index is 0.364. The van der Waals surface area contributed by atoms with Crippen LogP contribution in [0.2, 0.25) is 0 Å². The lowest BCUT2D eigenvalue weighted by atomic mass is 9.93. The van der Waals surface area contributed by atoms with Crippen molar-refractivity contribution in [3.05, 3.63) is 69.8 Å². The standard InChI is InChI=1S/C17H18O2/c1-11-5-4-6-14(7-11)10-16-12(2)8-15(17(18)19)9-13(16)3/h4-9H,10H2,1-3H3,(H,18,19). The van der Waals surface area contributed by atoms with Crippen LogP contribution in [0.5, 0.6) is 0 Å². The Morgan fingerprint density at radius 2 is 1.68 bits per heavy atom. The van der Waals surface area contributed by atoms with E-state index in [0.29, 0.717) is 5.56 Å². The smallest absolute Gasteiger partial charge is 0.335 e. The predicted octanol–water partition coefficient (Wildman–Crippen LogP) is 3.90. The largest absolute Gasteiger partial charge is 0.478 e. The summed E-state index contributed by atoms with van der Waals surface area (Å²) in [5.41, 5.74) is 6.17. The van der Waals surface area contributed by atoms with Crippen LogP contribution in [-0.4, -0.2) is 11.1 Å². The highest BCUT2D eigenvalue weighted by molar-refractivity contribution is 5.88. The van der Waals surface area contributed by atoms with Crippen LogP contribution in [0.4, 0.5) is 0 Å². The summed E-state index contributed by atoms with van der Waals surface area (Å²) in [6.45, 7) is 6.03. The van der Waals surface area contributed by atoms with Crippen LogP contribution < -0.4 is 0 Å². The molecular weight excluding hydrogens is 236 g/mol. The molecule has 0 spiro atoms. The van der Waals surface area contributed by atoms with Gasteiger partial charge in [-0.2, -0.15) is 0 Å². The van der Waals surface area contributed by atoms with Gasteiger partial charge in [-0.3, -0.25) is 0 Å². The van der Waals surface area contributed by atoms with Gasteiger partial charge in [0.1, 0.15) is 0 Å². The SMILES string of the molecule is Cc1cccc(Cc2c(C)cc(C(=O)O)cc2C)c1. The van der Waals surface area contributed by atoms with Crippen LogP contribution in [0.25, 0.3) is 0 Å². The number of hydrogen-bond donors (Lipinski definition) is 1. The third-order valence-corrected chi connectivity index (χ3v) is 3.41. The van der Waals surface area contributed by atoms with Crippen molar-refractivity contribution in [3.63, 3.8) is 0 Å². The number of aryl methyl sites for hydroxylation is 3. The van der Waals surface area contributed by atoms with Gasteiger partial charge in [-0.15, -0.1) is 0 Å².